The minimum atomic E-state index is -0.215. The largest absolute Gasteiger partial charge is 0.342 e. The number of thioether (sulfide) groups is 1. The molecule has 0 aliphatic carbocycles. The van der Waals surface area contributed by atoms with Crippen molar-refractivity contribution < 1.29 is 14.4 Å². The van der Waals surface area contributed by atoms with Crippen molar-refractivity contribution in [1.29, 1.82) is 0 Å². The Morgan fingerprint density at radius 3 is 2.64 bits per heavy atom. The molecule has 2 heterocycles. The molecule has 3 aromatic rings. The van der Waals surface area contributed by atoms with E-state index in [0.29, 0.717) is 18.5 Å². The van der Waals surface area contributed by atoms with Gasteiger partial charge in [0.15, 0.2) is 0 Å². The number of carbonyl (C=O) groups is 3. The Hall–Kier alpha value is -3.13. The predicted molar refractivity (Wildman–Crippen MR) is 108 cm³/mol. The Kier molecular flexibility index (Phi) is 5.12. The van der Waals surface area contributed by atoms with Crippen LogP contribution in [0.25, 0.3) is 11.0 Å². The summed E-state index contributed by atoms with van der Waals surface area (Å²) >= 11 is 1.02. The van der Waals surface area contributed by atoms with Gasteiger partial charge in [0.05, 0.1) is 23.3 Å². The van der Waals surface area contributed by atoms with Gasteiger partial charge in [-0.15, -0.1) is 0 Å². The third-order valence-electron chi connectivity index (χ3n) is 4.45. The Balaban J connectivity index is 1.30. The number of aromatic nitrogens is 2. The van der Waals surface area contributed by atoms with Crippen molar-refractivity contribution in [2.24, 2.45) is 0 Å². The maximum atomic E-state index is 12.2. The van der Waals surface area contributed by atoms with E-state index in [1.807, 2.05) is 24.3 Å². The minimum absolute atomic E-state index is 0.102. The first-order chi connectivity index (χ1) is 13.6. The molecule has 0 radical (unpaired) electrons. The molecule has 1 saturated heterocycles. The van der Waals surface area contributed by atoms with Crippen LogP contribution in [0.5, 0.6) is 0 Å². The van der Waals surface area contributed by atoms with Crippen molar-refractivity contribution in [3.05, 3.63) is 59.9 Å². The fraction of sp³-hybridized carbons (Fsp3) is 0.200. The number of imide groups is 1. The van der Waals surface area contributed by atoms with E-state index in [4.69, 9.17) is 0 Å². The van der Waals surface area contributed by atoms with E-state index >= 15 is 0 Å². The second-order valence-corrected chi connectivity index (χ2v) is 7.41. The molecule has 0 saturated carbocycles. The zero-order valence-corrected chi connectivity index (χ0v) is 15.8. The molecule has 1 fully saturated rings. The number of hydrogen-bond acceptors (Lipinski definition) is 5. The Labute approximate surface area is 165 Å². The number of benzene rings is 2. The first-order valence-corrected chi connectivity index (χ1v) is 9.86. The third-order valence-corrected chi connectivity index (χ3v) is 5.30. The Bertz CT molecular complexity index is 996. The number of anilines is 1. The summed E-state index contributed by atoms with van der Waals surface area (Å²) in [6, 6.07) is 14.9. The molecule has 28 heavy (non-hydrogen) atoms. The van der Waals surface area contributed by atoms with Gasteiger partial charge in [0.25, 0.3) is 5.24 Å². The van der Waals surface area contributed by atoms with E-state index in [0.717, 1.165) is 34.2 Å². The number of para-hydroxylation sites is 2. The molecule has 2 N–H and O–H groups in total. The van der Waals surface area contributed by atoms with Crippen molar-refractivity contribution in [2.75, 3.05) is 11.1 Å². The van der Waals surface area contributed by atoms with Gasteiger partial charge in [0, 0.05) is 18.5 Å². The van der Waals surface area contributed by atoms with Crippen molar-refractivity contribution in [3.63, 3.8) is 0 Å². The average Bonchev–Trinajstić information content (AvgIpc) is 3.25. The van der Waals surface area contributed by atoms with Gasteiger partial charge in [-0.1, -0.05) is 36.0 Å². The van der Waals surface area contributed by atoms with Crippen molar-refractivity contribution in [3.8, 4) is 0 Å². The molecule has 3 amide bonds. The number of imidazole rings is 1. The summed E-state index contributed by atoms with van der Waals surface area (Å²) in [5.74, 6) is 0.718. The Morgan fingerprint density at radius 1 is 1.14 bits per heavy atom. The molecule has 8 heteroatoms. The highest BCUT2D eigenvalue weighted by Crippen LogP contribution is 2.22. The van der Waals surface area contributed by atoms with Gasteiger partial charge in [-0.3, -0.25) is 19.3 Å². The number of fused-ring (bicyclic) bond motifs is 1. The first-order valence-electron chi connectivity index (χ1n) is 8.88. The molecule has 0 bridgehead atoms. The first kappa shape index (κ1) is 18.2. The zero-order chi connectivity index (χ0) is 19.5. The van der Waals surface area contributed by atoms with Crippen molar-refractivity contribution >= 4 is 45.5 Å². The fourth-order valence-electron chi connectivity index (χ4n) is 2.99. The van der Waals surface area contributed by atoms with Crippen LogP contribution in [-0.2, 0) is 22.6 Å². The Morgan fingerprint density at radius 2 is 1.93 bits per heavy atom. The van der Waals surface area contributed by atoms with Gasteiger partial charge in [-0.05, 0) is 29.8 Å². The lowest BCUT2D eigenvalue weighted by molar-refractivity contribution is -0.125. The molecule has 0 atom stereocenters. The second kappa shape index (κ2) is 7.85. The molecule has 4 rings (SSSR count). The molecule has 0 unspecified atom stereocenters. The average molecular weight is 394 g/mol. The lowest BCUT2D eigenvalue weighted by Gasteiger charge is -2.13. The topological polar surface area (TPSA) is 95.2 Å². The molecule has 0 spiro atoms. The monoisotopic (exact) mass is 394 g/mol. The highest BCUT2D eigenvalue weighted by atomic mass is 32.2. The van der Waals surface area contributed by atoms with Gasteiger partial charge in [0.2, 0.25) is 11.8 Å². The van der Waals surface area contributed by atoms with Crippen LogP contribution in [0.1, 0.15) is 17.8 Å². The van der Waals surface area contributed by atoms with E-state index < -0.39 is 0 Å². The van der Waals surface area contributed by atoms with Gasteiger partial charge < -0.3 is 10.3 Å². The zero-order valence-electron chi connectivity index (χ0n) is 15.0. The fourth-order valence-corrected chi connectivity index (χ4v) is 3.71. The van der Waals surface area contributed by atoms with E-state index in [-0.39, 0.29) is 29.4 Å². The number of nitrogens with one attached hydrogen (secondary N) is 2. The van der Waals surface area contributed by atoms with Crippen LogP contribution >= 0.6 is 11.8 Å². The van der Waals surface area contributed by atoms with Crippen molar-refractivity contribution in [1.82, 2.24) is 14.9 Å². The molecular formula is C20H18N4O3S. The molecule has 142 valence electrons. The predicted octanol–water partition coefficient (Wildman–Crippen LogP) is 3.33. The van der Waals surface area contributed by atoms with Gasteiger partial charge >= 0.3 is 0 Å². The maximum Gasteiger partial charge on any atom is 0.289 e. The van der Waals surface area contributed by atoms with E-state index in [9.17, 15) is 14.4 Å². The summed E-state index contributed by atoms with van der Waals surface area (Å²) in [6.07, 6.45) is 0.838. The van der Waals surface area contributed by atoms with Crippen LogP contribution in [0.3, 0.4) is 0 Å². The lowest BCUT2D eigenvalue weighted by atomic mass is 10.2. The lowest BCUT2D eigenvalue weighted by Crippen LogP contribution is -2.27. The van der Waals surface area contributed by atoms with Crippen LogP contribution < -0.4 is 5.32 Å². The van der Waals surface area contributed by atoms with Crippen LogP contribution in [0.15, 0.2) is 48.5 Å². The number of hydrogen-bond donors (Lipinski definition) is 2. The van der Waals surface area contributed by atoms with Crippen LogP contribution in [0.2, 0.25) is 0 Å². The normalized spacial score (nSPS) is 14.1. The number of amides is 3. The van der Waals surface area contributed by atoms with Crippen LogP contribution in [0.4, 0.5) is 10.5 Å². The van der Waals surface area contributed by atoms with Crippen LogP contribution in [-0.4, -0.2) is 37.7 Å². The van der Waals surface area contributed by atoms with Gasteiger partial charge in [-0.2, -0.15) is 0 Å². The summed E-state index contributed by atoms with van der Waals surface area (Å²) < 4.78 is 0. The summed E-state index contributed by atoms with van der Waals surface area (Å²) in [6.45, 7) is 0.255. The van der Waals surface area contributed by atoms with E-state index in [1.54, 1.807) is 24.3 Å². The molecule has 1 aliphatic heterocycles. The highest BCUT2D eigenvalue weighted by Gasteiger charge is 2.29. The number of H-pyrrole nitrogens is 1. The number of aryl methyl sites for hydroxylation is 1. The number of aromatic amines is 1. The van der Waals surface area contributed by atoms with Gasteiger partial charge in [-0.25, -0.2) is 4.98 Å². The van der Waals surface area contributed by atoms with E-state index in [2.05, 4.69) is 15.3 Å². The molecule has 1 aliphatic rings. The van der Waals surface area contributed by atoms with E-state index in [1.165, 1.54) is 4.90 Å². The SMILES string of the molecule is O=C(CCc1nc2ccccc2[nH]1)Nc1ccc(CN2C(=O)CSC2=O)cc1. The number of carbonyl (C=O) groups excluding carboxylic acids is 3. The summed E-state index contributed by atoms with van der Waals surface area (Å²) in [4.78, 5) is 44.4. The maximum absolute atomic E-state index is 12.2. The minimum Gasteiger partial charge on any atom is -0.342 e. The second-order valence-electron chi connectivity index (χ2n) is 6.48. The smallest absolute Gasteiger partial charge is 0.289 e. The number of rotatable bonds is 6. The van der Waals surface area contributed by atoms with Gasteiger partial charge in [0.1, 0.15) is 5.82 Å². The molecule has 7 nitrogen and oxygen atoms in total. The summed E-state index contributed by atoms with van der Waals surface area (Å²) in [7, 11) is 0. The van der Waals surface area contributed by atoms with Crippen molar-refractivity contribution in [2.45, 2.75) is 19.4 Å². The summed E-state index contributed by atoms with van der Waals surface area (Å²) in [5.41, 5.74) is 3.36. The quantitative estimate of drug-likeness (QED) is 0.669. The highest BCUT2D eigenvalue weighted by molar-refractivity contribution is 8.14. The molecule has 2 aromatic carbocycles. The molecule has 1 aromatic heterocycles. The van der Waals surface area contributed by atoms with Crippen LogP contribution in [0, 0.1) is 0 Å². The summed E-state index contributed by atoms with van der Waals surface area (Å²) in [5, 5.41) is 2.64. The standard InChI is InChI=1S/C20H18N4O3S/c25-18(10-9-17-22-15-3-1-2-4-16(15)23-17)21-14-7-5-13(6-8-14)11-24-19(26)12-28-20(24)27/h1-8H,9-12H2,(H,21,25)(H,22,23). The third kappa shape index (κ3) is 4.07. The number of nitrogens with zero attached hydrogens (tertiary/aromatic N) is 2. The molecular weight excluding hydrogens is 376 g/mol.